The second-order valence-corrected chi connectivity index (χ2v) is 10.5. The minimum absolute atomic E-state index is 0.0161. The summed E-state index contributed by atoms with van der Waals surface area (Å²) >= 11 is 3.43. The Balaban J connectivity index is 1.23. The lowest BCUT2D eigenvalue weighted by atomic mass is 9.98. The van der Waals surface area contributed by atoms with Crippen molar-refractivity contribution in [3.05, 3.63) is 93.5 Å². The van der Waals surface area contributed by atoms with E-state index in [1.807, 2.05) is 18.2 Å². The summed E-state index contributed by atoms with van der Waals surface area (Å²) in [5.41, 5.74) is 2.91. The highest BCUT2D eigenvalue weighted by atomic mass is 79.9. The summed E-state index contributed by atoms with van der Waals surface area (Å²) in [7, 11) is 0. The minimum Gasteiger partial charge on any atom is -0.489 e. The van der Waals surface area contributed by atoms with Crippen LogP contribution in [-0.4, -0.2) is 41.4 Å². The average molecular weight is 558 g/mol. The molecule has 2 aliphatic heterocycles. The van der Waals surface area contributed by atoms with E-state index in [2.05, 4.69) is 33.0 Å². The van der Waals surface area contributed by atoms with Gasteiger partial charge in [0.1, 0.15) is 41.4 Å². The number of aryl methyl sites for hydroxylation is 2. The van der Waals surface area contributed by atoms with Crippen LogP contribution >= 0.6 is 15.9 Å². The van der Waals surface area contributed by atoms with E-state index in [1.165, 1.54) is 23.8 Å². The van der Waals surface area contributed by atoms with Crippen molar-refractivity contribution >= 4 is 15.9 Å². The Morgan fingerprint density at radius 3 is 2.56 bits per heavy atom. The zero-order chi connectivity index (χ0) is 25.1. The molecule has 0 saturated heterocycles. The number of aliphatic hydroxyl groups is 1. The number of hydrogen-bond donors (Lipinski definition) is 1. The number of nitrogens with zero attached hydrogens (tertiary/aromatic N) is 1. The molecule has 3 aromatic rings. The third-order valence-corrected chi connectivity index (χ3v) is 7.58. The molecule has 36 heavy (non-hydrogen) atoms. The van der Waals surface area contributed by atoms with E-state index < -0.39 is 6.10 Å². The number of hydrogen-bond acceptors (Lipinski definition) is 4. The van der Waals surface area contributed by atoms with Gasteiger partial charge < -0.3 is 14.6 Å². The van der Waals surface area contributed by atoms with Gasteiger partial charge in [-0.2, -0.15) is 0 Å². The molecule has 0 fully saturated rings. The van der Waals surface area contributed by atoms with Crippen LogP contribution in [0.15, 0.2) is 65.1 Å². The smallest absolute Gasteiger partial charge is 0.137 e. The molecule has 1 N–H and O–H groups in total. The lowest BCUT2D eigenvalue weighted by molar-refractivity contribution is -0.00206. The van der Waals surface area contributed by atoms with Gasteiger partial charge in [0.15, 0.2) is 0 Å². The summed E-state index contributed by atoms with van der Waals surface area (Å²) in [6, 6.07) is 17.7. The maximum Gasteiger partial charge on any atom is 0.137 e. The number of rotatable bonds is 8. The molecule has 190 valence electrons. The first kappa shape index (κ1) is 25.2. The molecule has 7 heteroatoms. The Morgan fingerprint density at radius 2 is 1.72 bits per heavy atom. The van der Waals surface area contributed by atoms with Gasteiger partial charge in [-0.25, -0.2) is 8.78 Å². The van der Waals surface area contributed by atoms with Crippen LogP contribution in [0, 0.1) is 11.6 Å². The van der Waals surface area contributed by atoms with Crippen LogP contribution in [0.1, 0.15) is 36.0 Å². The highest BCUT2D eigenvalue weighted by molar-refractivity contribution is 9.10. The summed E-state index contributed by atoms with van der Waals surface area (Å²) in [6.07, 6.45) is 2.69. The Kier molecular flexibility index (Phi) is 7.89. The number of halogens is 3. The quantitative estimate of drug-likeness (QED) is 0.365. The zero-order valence-electron chi connectivity index (χ0n) is 20.0. The normalized spacial score (nSPS) is 19.7. The fraction of sp³-hybridized carbons (Fsp3) is 0.379. The van der Waals surface area contributed by atoms with Gasteiger partial charge >= 0.3 is 0 Å². The lowest BCUT2D eigenvalue weighted by Gasteiger charge is -2.34. The monoisotopic (exact) mass is 557 g/mol. The molecule has 0 bridgehead atoms. The summed E-state index contributed by atoms with van der Waals surface area (Å²) in [5, 5.41) is 11.1. The Hall–Kier alpha value is -2.48. The summed E-state index contributed by atoms with van der Waals surface area (Å²) in [5.74, 6) is 0.851. The molecular weight excluding hydrogens is 528 g/mol. The van der Waals surface area contributed by atoms with Gasteiger partial charge in [0.05, 0.1) is 4.47 Å². The molecular formula is C29H30BrF2NO3. The lowest BCUT2D eigenvalue weighted by Crippen LogP contribution is -2.44. The van der Waals surface area contributed by atoms with Gasteiger partial charge in [0, 0.05) is 19.6 Å². The van der Waals surface area contributed by atoms with Gasteiger partial charge in [-0.3, -0.25) is 4.90 Å². The van der Waals surface area contributed by atoms with E-state index in [0.29, 0.717) is 36.2 Å². The maximum atomic E-state index is 13.7. The largest absolute Gasteiger partial charge is 0.489 e. The van der Waals surface area contributed by atoms with Crippen molar-refractivity contribution < 1.29 is 23.4 Å². The van der Waals surface area contributed by atoms with Gasteiger partial charge in [0.25, 0.3) is 0 Å². The fourth-order valence-electron chi connectivity index (χ4n) is 5.11. The Bertz CT molecular complexity index is 1190. The van der Waals surface area contributed by atoms with Gasteiger partial charge in [0.2, 0.25) is 0 Å². The first-order chi connectivity index (χ1) is 17.4. The van der Waals surface area contributed by atoms with Crippen LogP contribution in [0.25, 0.3) is 0 Å². The first-order valence-electron chi connectivity index (χ1n) is 12.5. The second-order valence-electron chi connectivity index (χ2n) is 9.68. The van der Waals surface area contributed by atoms with Crippen molar-refractivity contribution in [1.29, 1.82) is 0 Å². The third-order valence-electron chi connectivity index (χ3n) is 7.00. The Morgan fingerprint density at radius 1 is 0.944 bits per heavy atom. The fourth-order valence-corrected chi connectivity index (χ4v) is 5.68. The van der Waals surface area contributed by atoms with Crippen molar-refractivity contribution in [1.82, 2.24) is 4.90 Å². The predicted molar refractivity (Wildman–Crippen MR) is 138 cm³/mol. The van der Waals surface area contributed by atoms with Crippen molar-refractivity contribution in [2.45, 2.75) is 57.0 Å². The number of aliphatic hydroxyl groups excluding tert-OH is 1. The standard InChI is InChI=1S/C29H30BrF2NO3/c30-25-16-23(32)15-21-6-9-24(35-29(21)25)12-13-33(17-19-4-2-1-3-5-19)18-26(34)28-10-7-20-14-22(31)8-11-27(20)36-28/h1-5,8,11,14-16,24,26,28,34H,6-7,9-10,12-13,17-18H2/t24-,26+,28+/m0/s1. The van der Waals surface area contributed by atoms with E-state index in [1.54, 1.807) is 12.1 Å². The molecule has 0 radical (unpaired) electrons. The van der Waals surface area contributed by atoms with Gasteiger partial charge in [-0.1, -0.05) is 30.3 Å². The molecule has 0 unspecified atom stereocenters. The summed E-state index contributed by atoms with van der Waals surface area (Å²) in [4.78, 5) is 2.24. The van der Waals surface area contributed by atoms with Crippen LogP contribution in [-0.2, 0) is 19.4 Å². The number of benzene rings is 3. The molecule has 0 aromatic heterocycles. The van der Waals surface area contributed by atoms with E-state index >= 15 is 0 Å². The molecule has 4 nitrogen and oxygen atoms in total. The number of fused-ring (bicyclic) bond motifs is 2. The Labute approximate surface area is 219 Å². The second kappa shape index (κ2) is 11.3. The van der Waals surface area contributed by atoms with Crippen LogP contribution < -0.4 is 9.47 Å². The maximum absolute atomic E-state index is 13.7. The summed E-state index contributed by atoms with van der Waals surface area (Å²) in [6.45, 7) is 1.89. The van der Waals surface area contributed by atoms with E-state index in [4.69, 9.17) is 9.47 Å². The van der Waals surface area contributed by atoms with Crippen LogP contribution in [0.4, 0.5) is 8.78 Å². The van der Waals surface area contributed by atoms with E-state index in [0.717, 1.165) is 42.7 Å². The van der Waals surface area contributed by atoms with Gasteiger partial charge in [-0.15, -0.1) is 0 Å². The van der Waals surface area contributed by atoms with E-state index in [9.17, 15) is 13.9 Å². The molecule has 3 aromatic carbocycles. The van der Waals surface area contributed by atoms with Crippen LogP contribution in [0.3, 0.4) is 0 Å². The third kappa shape index (κ3) is 6.07. The van der Waals surface area contributed by atoms with Crippen molar-refractivity contribution in [3.8, 4) is 11.5 Å². The highest BCUT2D eigenvalue weighted by Gasteiger charge is 2.29. The van der Waals surface area contributed by atoms with Crippen LogP contribution in [0.2, 0.25) is 0 Å². The van der Waals surface area contributed by atoms with Gasteiger partial charge in [-0.05, 0) is 95.1 Å². The average Bonchev–Trinajstić information content (AvgIpc) is 2.87. The predicted octanol–water partition coefficient (Wildman–Crippen LogP) is 6.07. The molecule has 0 spiro atoms. The molecule has 0 amide bonds. The van der Waals surface area contributed by atoms with Crippen molar-refractivity contribution in [2.75, 3.05) is 13.1 Å². The zero-order valence-corrected chi connectivity index (χ0v) is 21.6. The van der Waals surface area contributed by atoms with E-state index in [-0.39, 0.29) is 23.8 Å². The molecule has 2 heterocycles. The van der Waals surface area contributed by atoms with Crippen LogP contribution in [0.5, 0.6) is 11.5 Å². The molecule has 3 atom stereocenters. The van der Waals surface area contributed by atoms with Crippen molar-refractivity contribution in [2.24, 2.45) is 0 Å². The number of ether oxygens (including phenoxy) is 2. The topological polar surface area (TPSA) is 41.9 Å². The molecule has 2 aliphatic rings. The SMILES string of the molecule is O[C@H](CN(CC[C@@H]1CCc2cc(F)cc(Br)c2O1)Cc1ccccc1)[C@H]1CCc2cc(F)ccc2O1. The molecule has 5 rings (SSSR count). The molecule has 0 aliphatic carbocycles. The highest BCUT2D eigenvalue weighted by Crippen LogP contribution is 2.36. The summed E-state index contributed by atoms with van der Waals surface area (Å²) < 4.78 is 40.2. The molecule has 0 saturated carbocycles. The first-order valence-corrected chi connectivity index (χ1v) is 13.3. The minimum atomic E-state index is -0.683. The van der Waals surface area contributed by atoms with Crippen molar-refractivity contribution in [3.63, 3.8) is 0 Å².